The fraction of sp³-hybridized carbons (Fsp3) is 0.357. The van der Waals surface area contributed by atoms with E-state index < -0.39 is 5.54 Å². The molecule has 3 rings (SSSR count). The molecule has 0 aliphatic carbocycles. The Morgan fingerprint density at radius 3 is 2.85 bits per heavy atom. The topological polar surface area (TPSA) is 62.3 Å². The van der Waals surface area contributed by atoms with E-state index in [1.807, 2.05) is 24.3 Å². The molecule has 1 saturated heterocycles. The van der Waals surface area contributed by atoms with E-state index in [9.17, 15) is 9.59 Å². The number of hydrogen-bond acceptors (Lipinski definition) is 4. The monoisotopic (exact) mass is 289 g/mol. The number of hydrogen-bond donors (Lipinski definition) is 1. The first kappa shape index (κ1) is 13.1. The van der Waals surface area contributed by atoms with Crippen molar-refractivity contribution in [2.75, 3.05) is 6.54 Å². The standard InChI is InChI=1S/C14H15N3O2S/c1-14(2)13(19)17(7-11(18)16-14)8-12-15-9-5-3-4-6-10(9)20-12/h3-6H,7-8H2,1-2H3,(H,16,18). The van der Waals surface area contributed by atoms with Crippen LogP contribution in [-0.2, 0) is 16.1 Å². The van der Waals surface area contributed by atoms with Gasteiger partial charge < -0.3 is 10.2 Å². The van der Waals surface area contributed by atoms with Crippen LogP contribution in [0.1, 0.15) is 18.9 Å². The second-order valence-electron chi connectivity index (χ2n) is 5.41. The SMILES string of the molecule is CC1(C)NC(=O)CN(Cc2nc3ccccc3s2)C1=O. The number of nitrogens with zero attached hydrogens (tertiary/aromatic N) is 2. The summed E-state index contributed by atoms with van der Waals surface area (Å²) in [4.78, 5) is 30.0. The van der Waals surface area contributed by atoms with Gasteiger partial charge in [0.25, 0.3) is 0 Å². The summed E-state index contributed by atoms with van der Waals surface area (Å²) >= 11 is 1.56. The van der Waals surface area contributed by atoms with E-state index in [0.717, 1.165) is 15.2 Å². The number of piperazine rings is 1. The summed E-state index contributed by atoms with van der Waals surface area (Å²) in [6, 6.07) is 7.86. The number of fused-ring (bicyclic) bond motifs is 1. The number of benzene rings is 1. The molecule has 1 aliphatic rings. The van der Waals surface area contributed by atoms with Crippen LogP contribution in [0.2, 0.25) is 0 Å². The fourth-order valence-corrected chi connectivity index (χ4v) is 3.34. The average Bonchev–Trinajstić information content (AvgIpc) is 2.77. The van der Waals surface area contributed by atoms with Crippen LogP contribution in [0.4, 0.5) is 0 Å². The highest BCUT2D eigenvalue weighted by Crippen LogP contribution is 2.24. The number of aromatic nitrogens is 1. The van der Waals surface area contributed by atoms with Crippen molar-refractivity contribution in [3.05, 3.63) is 29.3 Å². The summed E-state index contributed by atoms with van der Waals surface area (Å²) in [5, 5.41) is 3.55. The molecule has 0 spiro atoms. The zero-order chi connectivity index (χ0) is 14.3. The van der Waals surface area contributed by atoms with Crippen LogP contribution >= 0.6 is 11.3 Å². The van der Waals surface area contributed by atoms with E-state index in [-0.39, 0.29) is 18.4 Å². The van der Waals surface area contributed by atoms with Crippen molar-refractivity contribution in [3.63, 3.8) is 0 Å². The van der Waals surface area contributed by atoms with E-state index in [0.29, 0.717) is 6.54 Å². The number of amides is 2. The van der Waals surface area contributed by atoms with Gasteiger partial charge in [-0.1, -0.05) is 12.1 Å². The lowest BCUT2D eigenvalue weighted by Gasteiger charge is -2.36. The van der Waals surface area contributed by atoms with Gasteiger partial charge in [-0.05, 0) is 26.0 Å². The van der Waals surface area contributed by atoms with Crippen molar-refractivity contribution < 1.29 is 9.59 Å². The van der Waals surface area contributed by atoms with Crippen molar-refractivity contribution in [2.24, 2.45) is 0 Å². The molecule has 2 heterocycles. The predicted molar refractivity (Wildman–Crippen MR) is 77.3 cm³/mol. The highest BCUT2D eigenvalue weighted by atomic mass is 32.1. The van der Waals surface area contributed by atoms with Gasteiger partial charge in [0.1, 0.15) is 17.1 Å². The Balaban J connectivity index is 1.86. The lowest BCUT2D eigenvalue weighted by atomic mass is 10.0. The number of rotatable bonds is 2. The molecule has 0 unspecified atom stereocenters. The lowest BCUT2D eigenvalue weighted by molar-refractivity contribution is -0.148. The van der Waals surface area contributed by atoms with Crippen molar-refractivity contribution in [3.8, 4) is 0 Å². The quantitative estimate of drug-likeness (QED) is 0.912. The lowest BCUT2D eigenvalue weighted by Crippen LogP contribution is -2.63. The van der Waals surface area contributed by atoms with Gasteiger partial charge >= 0.3 is 0 Å². The van der Waals surface area contributed by atoms with Crippen LogP contribution in [-0.4, -0.2) is 33.8 Å². The third kappa shape index (κ3) is 2.27. The van der Waals surface area contributed by atoms with E-state index in [4.69, 9.17) is 0 Å². The van der Waals surface area contributed by atoms with Gasteiger partial charge in [-0.25, -0.2) is 4.98 Å². The molecular weight excluding hydrogens is 274 g/mol. The van der Waals surface area contributed by atoms with Crippen LogP contribution in [0.5, 0.6) is 0 Å². The molecule has 0 atom stereocenters. The number of carbonyl (C=O) groups is 2. The molecule has 0 radical (unpaired) electrons. The van der Waals surface area contributed by atoms with Gasteiger partial charge in [0.05, 0.1) is 16.8 Å². The summed E-state index contributed by atoms with van der Waals surface area (Å²) in [6.45, 7) is 3.92. The predicted octanol–water partition coefficient (Wildman–Crippen LogP) is 1.53. The minimum Gasteiger partial charge on any atom is -0.341 e. The molecule has 2 aromatic rings. The number of carbonyl (C=O) groups excluding carboxylic acids is 2. The molecular formula is C14H15N3O2S. The molecule has 1 fully saturated rings. The summed E-state index contributed by atoms with van der Waals surface area (Å²) in [6.07, 6.45) is 0. The van der Waals surface area contributed by atoms with E-state index in [1.165, 1.54) is 0 Å². The smallest absolute Gasteiger partial charge is 0.248 e. The first-order valence-electron chi connectivity index (χ1n) is 6.40. The Kier molecular flexibility index (Phi) is 2.97. The van der Waals surface area contributed by atoms with Crippen LogP contribution in [0, 0.1) is 0 Å². The molecule has 20 heavy (non-hydrogen) atoms. The number of thiazole rings is 1. The molecule has 0 saturated carbocycles. The zero-order valence-electron chi connectivity index (χ0n) is 11.3. The largest absolute Gasteiger partial charge is 0.341 e. The highest BCUT2D eigenvalue weighted by Gasteiger charge is 2.39. The number of nitrogens with one attached hydrogen (secondary N) is 1. The first-order chi connectivity index (χ1) is 9.45. The average molecular weight is 289 g/mol. The van der Waals surface area contributed by atoms with Crippen molar-refractivity contribution in [1.29, 1.82) is 0 Å². The summed E-state index contributed by atoms with van der Waals surface area (Å²) in [5.74, 6) is -0.202. The molecule has 104 valence electrons. The molecule has 6 heteroatoms. The van der Waals surface area contributed by atoms with Crippen LogP contribution in [0.25, 0.3) is 10.2 Å². The summed E-state index contributed by atoms with van der Waals surface area (Å²) in [7, 11) is 0. The maximum Gasteiger partial charge on any atom is 0.248 e. The minimum atomic E-state index is -0.841. The number of para-hydroxylation sites is 1. The van der Waals surface area contributed by atoms with Crippen LogP contribution in [0.15, 0.2) is 24.3 Å². The van der Waals surface area contributed by atoms with E-state index >= 15 is 0 Å². The highest BCUT2D eigenvalue weighted by molar-refractivity contribution is 7.18. The second kappa shape index (κ2) is 4.56. The molecule has 1 aromatic heterocycles. The Morgan fingerprint density at radius 1 is 1.35 bits per heavy atom. The Bertz CT molecular complexity index is 660. The van der Waals surface area contributed by atoms with Gasteiger partial charge in [0.15, 0.2) is 0 Å². The minimum absolute atomic E-state index is 0.0728. The molecule has 1 aromatic carbocycles. The second-order valence-corrected chi connectivity index (χ2v) is 6.52. The zero-order valence-corrected chi connectivity index (χ0v) is 12.2. The Labute approximate surface area is 120 Å². The Hall–Kier alpha value is -1.95. The normalized spacial score (nSPS) is 18.4. The fourth-order valence-electron chi connectivity index (χ4n) is 2.36. The van der Waals surface area contributed by atoms with Gasteiger partial charge in [-0.3, -0.25) is 9.59 Å². The van der Waals surface area contributed by atoms with Crippen molar-refractivity contribution in [1.82, 2.24) is 15.2 Å². The maximum absolute atomic E-state index is 12.3. The van der Waals surface area contributed by atoms with Crippen molar-refractivity contribution >= 4 is 33.4 Å². The maximum atomic E-state index is 12.3. The van der Waals surface area contributed by atoms with Crippen LogP contribution in [0.3, 0.4) is 0 Å². The Morgan fingerprint density at radius 2 is 2.10 bits per heavy atom. The van der Waals surface area contributed by atoms with Gasteiger partial charge in [0, 0.05) is 0 Å². The van der Waals surface area contributed by atoms with Gasteiger partial charge in [-0.2, -0.15) is 0 Å². The summed E-state index contributed by atoms with van der Waals surface area (Å²) in [5.41, 5.74) is 0.0899. The van der Waals surface area contributed by atoms with Gasteiger partial charge in [0.2, 0.25) is 11.8 Å². The summed E-state index contributed by atoms with van der Waals surface area (Å²) < 4.78 is 1.09. The van der Waals surface area contributed by atoms with E-state index in [2.05, 4.69) is 10.3 Å². The van der Waals surface area contributed by atoms with Crippen molar-refractivity contribution in [2.45, 2.75) is 25.9 Å². The van der Waals surface area contributed by atoms with Gasteiger partial charge in [-0.15, -0.1) is 11.3 Å². The molecule has 1 aliphatic heterocycles. The third-order valence-electron chi connectivity index (χ3n) is 3.27. The first-order valence-corrected chi connectivity index (χ1v) is 7.22. The molecule has 1 N–H and O–H groups in total. The molecule has 5 nitrogen and oxygen atoms in total. The van der Waals surface area contributed by atoms with Crippen LogP contribution < -0.4 is 5.32 Å². The van der Waals surface area contributed by atoms with E-state index in [1.54, 1.807) is 30.1 Å². The molecule has 2 amide bonds. The third-order valence-corrected chi connectivity index (χ3v) is 4.29. The molecule has 0 bridgehead atoms.